The third-order valence-electron chi connectivity index (χ3n) is 3.86. The quantitative estimate of drug-likeness (QED) is 0.655. The van der Waals surface area contributed by atoms with Gasteiger partial charge in [0.15, 0.2) is 0 Å². The van der Waals surface area contributed by atoms with Crippen molar-refractivity contribution < 1.29 is 14.6 Å². The predicted molar refractivity (Wildman–Crippen MR) is 76.3 cm³/mol. The SMILES string of the molecule is CC(C)CCOCCN1CCC(CCC(=O)O)CC1. The minimum atomic E-state index is -0.666. The van der Waals surface area contributed by atoms with E-state index in [1.807, 2.05) is 0 Å². The van der Waals surface area contributed by atoms with Crippen molar-refractivity contribution in [2.45, 2.75) is 46.0 Å². The second-order valence-corrected chi connectivity index (χ2v) is 6.01. The molecule has 0 aromatic heterocycles. The standard InChI is InChI=1S/C15H29NO3/c1-13(2)7-11-19-12-10-16-8-5-14(6-9-16)3-4-15(17)18/h13-14H,3-12H2,1-2H3,(H,17,18). The third-order valence-corrected chi connectivity index (χ3v) is 3.86. The Balaban J connectivity index is 1.99. The molecule has 1 heterocycles. The fourth-order valence-electron chi connectivity index (χ4n) is 2.44. The lowest BCUT2D eigenvalue weighted by Crippen LogP contribution is -2.36. The molecule has 0 aromatic carbocycles. The Morgan fingerprint density at radius 3 is 2.58 bits per heavy atom. The van der Waals surface area contributed by atoms with Gasteiger partial charge in [0, 0.05) is 19.6 Å². The summed E-state index contributed by atoms with van der Waals surface area (Å²) in [4.78, 5) is 13.0. The second-order valence-electron chi connectivity index (χ2n) is 6.01. The molecule has 112 valence electrons. The molecule has 1 saturated heterocycles. The number of piperidine rings is 1. The van der Waals surface area contributed by atoms with Crippen LogP contribution in [0.15, 0.2) is 0 Å². The van der Waals surface area contributed by atoms with Gasteiger partial charge in [0.1, 0.15) is 0 Å². The average Bonchev–Trinajstić information content (AvgIpc) is 2.37. The van der Waals surface area contributed by atoms with E-state index in [1.54, 1.807) is 0 Å². The van der Waals surface area contributed by atoms with E-state index in [2.05, 4.69) is 18.7 Å². The van der Waals surface area contributed by atoms with E-state index in [0.717, 1.165) is 58.5 Å². The van der Waals surface area contributed by atoms with Crippen molar-refractivity contribution in [3.05, 3.63) is 0 Å². The fraction of sp³-hybridized carbons (Fsp3) is 0.933. The molecule has 0 unspecified atom stereocenters. The van der Waals surface area contributed by atoms with Crippen LogP contribution in [0.4, 0.5) is 0 Å². The first kappa shape index (κ1) is 16.4. The Hall–Kier alpha value is -0.610. The van der Waals surface area contributed by atoms with E-state index in [-0.39, 0.29) is 0 Å². The molecule has 0 bridgehead atoms. The molecule has 4 heteroatoms. The highest BCUT2D eigenvalue weighted by atomic mass is 16.5. The Bertz CT molecular complexity index is 248. The third kappa shape index (κ3) is 8.22. The van der Waals surface area contributed by atoms with Crippen molar-refractivity contribution in [1.82, 2.24) is 4.90 Å². The van der Waals surface area contributed by atoms with Crippen molar-refractivity contribution >= 4 is 5.97 Å². The molecule has 0 atom stereocenters. The zero-order chi connectivity index (χ0) is 14.1. The maximum Gasteiger partial charge on any atom is 0.303 e. The van der Waals surface area contributed by atoms with E-state index in [9.17, 15) is 4.79 Å². The number of likely N-dealkylation sites (tertiary alicyclic amines) is 1. The topological polar surface area (TPSA) is 49.8 Å². The summed E-state index contributed by atoms with van der Waals surface area (Å²) in [6.07, 6.45) is 4.58. The Kier molecular flexibility index (Phi) is 8.07. The van der Waals surface area contributed by atoms with Crippen LogP contribution in [0.2, 0.25) is 0 Å². The highest BCUT2D eigenvalue weighted by molar-refractivity contribution is 5.66. The summed E-state index contributed by atoms with van der Waals surface area (Å²) in [5, 5.41) is 8.67. The van der Waals surface area contributed by atoms with E-state index in [0.29, 0.717) is 18.3 Å². The Morgan fingerprint density at radius 1 is 1.32 bits per heavy atom. The van der Waals surface area contributed by atoms with Gasteiger partial charge >= 0.3 is 5.97 Å². The summed E-state index contributed by atoms with van der Waals surface area (Å²) < 4.78 is 5.63. The van der Waals surface area contributed by atoms with Gasteiger partial charge in [0.25, 0.3) is 0 Å². The molecule has 0 aliphatic carbocycles. The van der Waals surface area contributed by atoms with Crippen LogP contribution >= 0.6 is 0 Å². The van der Waals surface area contributed by atoms with Crippen LogP contribution in [-0.2, 0) is 9.53 Å². The average molecular weight is 271 g/mol. The van der Waals surface area contributed by atoms with Gasteiger partial charge in [-0.3, -0.25) is 4.79 Å². The zero-order valence-electron chi connectivity index (χ0n) is 12.4. The van der Waals surface area contributed by atoms with E-state index in [1.165, 1.54) is 0 Å². The van der Waals surface area contributed by atoms with Gasteiger partial charge < -0.3 is 14.7 Å². The summed E-state index contributed by atoms with van der Waals surface area (Å²) in [5.41, 5.74) is 0. The van der Waals surface area contributed by atoms with Crippen molar-refractivity contribution in [3.8, 4) is 0 Å². The number of rotatable bonds is 9. The van der Waals surface area contributed by atoms with Crippen LogP contribution in [0.5, 0.6) is 0 Å². The fourth-order valence-corrected chi connectivity index (χ4v) is 2.44. The van der Waals surface area contributed by atoms with E-state index < -0.39 is 5.97 Å². The number of nitrogens with zero attached hydrogens (tertiary/aromatic N) is 1. The number of hydrogen-bond acceptors (Lipinski definition) is 3. The van der Waals surface area contributed by atoms with E-state index in [4.69, 9.17) is 9.84 Å². The van der Waals surface area contributed by atoms with Gasteiger partial charge in [0.2, 0.25) is 0 Å². The minimum Gasteiger partial charge on any atom is -0.481 e. The van der Waals surface area contributed by atoms with Gasteiger partial charge in [-0.15, -0.1) is 0 Å². The molecule has 1 N–H and O–H groups in total. The molecule has 1 rings (SSSR count). The van der Waals surface area contributed by atoms with Crippen LogP contribution < -0.4 is 0 Å². The van der Waals surface area contributed by atoms with Crippen molar-refractivity contribution in [3.63, 3.8) is 0 Å². The van der Waals surface area contributed by atoms with E-state index >= 15 is 0 Å². The molecule has 0 aromatic rings. The number of carbonyl (C=O) groups is 1. The van der Waals surface area contributed by atoms with Crippen LogP contribution in [0.1, 0.15) is 46.0 Å². The highest BCUT2D eigenvalue weighted by Crippen LogP contribution is 2.21. The molecule has 1 aliphatic rings. The van der Waals surface area contributed by atoms with Gasteiger partial charge in [0.05, 0.1) is 6.61 Å². The molecule has 19 heavy (non-hydrogen) atoms. The maximum atomic E-state index is 10.5. The first-order valence-electron chi connectivity index (χ1n) is 7.60. The van der Waals surface area contributed by atoms with Gasteiger partial charge in [-0.05, 0) is 50.6 Å². The van der Waals surface area contributed by atoms with Crippen molar-refractivity contribution in [2.75, 3.05) is 32.8 Å². The van der Waals surface area contributed by atoms with Crippen LogP contribution in [0.3, 0.4) is 0 Å². The predicted octanol–water partition coefficient (Wildman–Crippen LogP) is 2.63. The molecule has 0 radical (unpaired) electrons. The summed E-state index contributed by atoms with van der Waals surface area (Å²) in [6.45, 7) is 9.33. The monoisotopic (exact) mass is 271 g/mol. The van der Waals surface area contributed by atoms with Crippen LogP contribution in [0.25, 0.3) is 0 Å². The summed E-state index contributed by atoms with van der Waals surface area (Å²) in [7, 11) is 0. The number of carboxylic acid groups (broad SMARTS) is 1. The molecule has 1 fully saturated rings. The maximum absolute atomic E-state index is 10.5. The van der Waals surface area contributed by atoms with Gasteiger partial charge in [-0.1, -0.05) is 13.8 Å². The van der Waals surface area contributed by atoms with Crippen molar-refractivity contribution in [2.24, 2.45) is 11.8 Å². The Morgan fingerprint density at radius 2 is 2.00 bits per heavy atom. The van der Waals surface area contributed by atoms with Gasteiger partial charge in [-0.25, -0.2) is 0 Å². The minimum absolute atomic E-state index is 0.322. The zero-order valence-corrected chi connectivity index (χ0v) is 12.4. The summed E-state index contributed by atoms with van der Waals surface area (Å²) in [6, 6.07) is 0. The van der Waals surface area contributed by atoms with Gasteiger partial charge in [-0.2, -0.15) is 0 Å². The Labute approximate surface area is 117 Å². The molecule has 1 aliphatic heterocycles. The summed E-state index contributed by atoms with van der Waals surface area (Å²) >= 11 is 0. The lowest BCUT2D eigenvalue weighted by atomic mass is 9.92. The van der Waals surface area contributed by atoms with Crippen molar-refractivity contribution in [1.29, 1.82) is 0 Å². The van der Waals surface area contributed by atoms with Crippen LogP contribution in [-0.4, -0.2) is 48.8 Å². The smallest absolute Gasteiger partial charge is 0.303 e. The molecule has 0 saturated carbocycles. The number of hydrogen-bond donors (Lipinski definition) is 1. The van der Waals surface area contributed by atoms with Crippen LogP contribution in [0, 0.1) is 11.8 Å². The molecule has 4 nitrogen and oxygen atoms in total. The first-order chi connectivity index (χ1) is 9.08. The molecular formula is C15H29NO3. The second kappa shape index (κ2) is 9.32. The lowest BCUT2D eigenvalue weighted by Gasteiger charge is -2.31. The number of ether oxygens (including phenoxy) is 1. The molecule has 0 spiro atoms. The molecule has 0 amide bonds. The number of aliphatic carboxylic acids is 1. The molecular weight excluding hydrogens is 242 g/mol. The number of carboxylic acids is 1. The largest absolute Gasteiger partial charge is 0.481 e. The normalized spacial score (nSPS) is 18.1. The lowest BCUT2D eigenvalue weighted by molar-refractivity contribution is -0.137. The first-order valence-corrected chi connectivity index (χ1v) is 7.60. The highest BCUT2D eigenvalue weighted by Gasteiger charge is 2.19. The summed E-state index contributed by atoms with van der Waals surface area (Å²) in [5.74, 6) is 0.653.